The van der Waals surface area contributed by atoms with Gasteiger partial charge in [0.1, 0.15) is 0 Å². The molecule has 7 nitrogen and oxygen atoms in total. The van der Waals surface area contributed by atoms with Gasteiger partial charge in [-0.3, -0.25) is 4.79 Å². The number of methoxy groups -OCH3 is 1. The van der Waals surface area contributed by atoms with E-state index in [2.05, 4.69) is 20.8 Å². The summed E-state index contributed by atoms with van der Waals surface area (Å²) in [7, 11) is 1.60. The highest BCUT2D eigenvalue weighted by atomic mass is 32.2. The zero-order valence-electron chi connectivity index (χ0n) is 11.9. The second-order valence-corrected chi connectivity index (χ2v) is 5.36. The van der Waals surface area contributed by atoms with E-state index in [9.17, 15) is 4.79 Å². The van der Waals surface area contributed by atoms with Crippen LogP contribution < -0.4 is 5.32 Å². The summed E-state index contributed by atoms with van der Waals surface area (Å²) in [6, 6.07) is 9.52. The van der Waals surface area contributed by atoms with Crippen molar-refractivity contribution in [1.29, 1.82) is 0 Å². The van der Waals surface area contributed by atoms with Crippen LogP contribution in [0.3, 0.4) is 0 Å². The lowest BCUT2D eigenvalue weighted by atomic mass is 10.3. The minimum atomic E-state index is -0.0767. The molecule has 1 atom stereocenters. The second kappa shape index (κ2) is 7.75. The van der Waals surface area contributed by atoms with Gasteiger partial charge in [0.2, 0.25) is 11.1 Å². The van der Waals surface area contributed by atoms with Gasteiger partial charge in [-0.1, -0.05) is 30.0 Å². The fourth-order valence-electron chi connectivity index (χ4n) is 1.74. The van der Waals surface area contributed by atoms with Gasteiger partial charge in [0, 0.05) is 13.2 Å². The van der Waals surface area contributed by atoms with Crippen LogP contribution in [0.15, 0.2) is 35.5 Å². The van der Waals surface area contributed by atoms with Gasteiger partial charge in [0.15, 0.2) is 0 Å². The predicted molar refractivity (Wildman–Crippen MR) is 79.4 cm³/mol. The molecule has 2 aromatic rings. The average molecular weight is 307 g/mol. The molecule has 0 fully saturated rings. The normalized spacial score (nSPS) is 12.1. The van der Waals surface area contributed by atoms with Gasteiger partial charge in [-0.15, -0.1) is 5.10 Å². The summed E-state index contributed by atoms with van der Waals surface area (Å²) < 4.78 is 6.58. The van der Waals surface area contributed by atoms with Crippen LogP contribution in [0, 0.1) is 0 Å². The Bertz CT molecular complexity index is 575. The number of aromatic nitrogens is 4. The van der Waals surface area contributed by atoms with E-state index in [1.54, 1.807) is 11.8 Å². The van der Waals surface area contributed by atoms with Crippen molar-refractivity contribution < 1.29 is 9.53 Å². The Kier molecular flexibility index (Phi) is 5.70. The number of ether oxygens (including phenoxy) is 1. The standard InChI is InChI=1S/C13H17N5O2S/c1-10(8-20-2)14-12(19)9-21-13-15-16-17-18(13)11-6-4-3-5-7-11/h3-7,10H,8-9H2,1-2H3,(H,14,19)/t10-/m1/s1. The number of hydrogen-bond acceptors (Lipinski definition) is 6. The quantitative estimate of drug-likeness (QED) is 0.766. The average Bonchev–Trinajstić information content (AvgIpc) is 2.94. The van der Waals surface area contributed by atoms with Crippen LogP contribution in [0.5, 0.6) is 0 Å². The zero-order valence-corrected chi connectivity index (χ0v) is 12.7. The number of benzene rings is 1. The summed E-state index contributed by atoms with van der Waals surface area (Å²) in [5.41, 5.74) is 0.859. The van der Waals surface area contributed by atoms with Crippen molar-refractivity contribution in [3.05, 3.63) is 30.3 Å². The summed E-state index contributed by atoms with van der Waals surface area (Å²) in [5, 5.41) is 15.0. The molecule has 8 heteroatoms. The predicted octanol–water partition coefficient (Wildman–Crippen LogP) is 0.905. The van der Waals surface area contributed by atoms with E-state index in [0.29, 0.717) is 11.8 Å². The highest BCUT2D eigenvalue weighted by molar-refractivity contribution is 7.99. The van der Waals surface area contributed by atoms with Crippen LogP contribution in [0.1, 0.15) is 6.92 Å². The van der Waals surface area contributed by atoms with E-state index in [1.165, 1.54) is 11.8 Å². The molecule has 1 aromatic heterocycles. The van der Waals surface area contributed by atoms with Crippen LogP contribution in [0.2, 0.25) is 0 Å². The fourth-order valence-corrected chi connectivity index (χ4v) is 2.44. The molecule has 0 aliphatic rings. The lowest BCUT2D eigenvalue weighted by molar-refractivity contribution is -0.119. The molecule has 1 heterocycles. The Morgan fingerprint density at radius 3 is 2.90 bits per heavy atom. The molecule has 0 saturated heterocycles. The molecule has 1 aromatic carbocycles. The van der Waals surface area contributed by atoms with E-state index >= 15 is 0 Å². The van der Waals surface area contributed by atoms with Gasteiger partial charge in [0.25, 0.3) is 0 Å². The first-order valence-electron chi connectivity index (χ1n) is 6.45. The third-order valence-electron chi connectivity index (χ3n) is 2.60. The van der Waals surface area contributed by atoms with Gasteiger partial charge in [-0.05, 0) is 29.5 Å². The van der Waals surface area contributed by atoms with Crippen molar-refractivity contribution in [3.8, 4) is 5.69 Å². The molecule has 0 spiro atoms. The van der Waals surface area contributed by atoms with Crippen molar-refractivity contribution in [2.24, 2.45) is 0 Å². The van der Waals surface area contributed by atoms with Gasteiger partial charge < -0.3 is 10.1 Å². The SMILES string of the molecule is COC[C@@H](C)NC(=O)CSc1nnnn1-c1ccccc1. The van der Waals surface area contributed by atoms with Gasteiger partial charge in [-0.2, -0.15) is 4.68 Å². The molecule has 1 N–H and O–H groups in total. The topological polar surface area (TPSA) is 81.9 Å². The van der Waals surface area contributed by atoms with E-state index < -0.39 is 0 Å². The third kappa shape index (κ3) is 4.54. The molecule has 2 rings (SSSR count). The van der Waals surface area contributed by atoms with Crippen LogP contribution >= 0.6 is 11.8 Å². The number of para-hydroxylation sites is 1. The fraction of sp³-hybridized carbons (Fsp3) is 0.385. The summed E-state index contributed by atoms with van der Waals surface area (Å²) in [6.07, 6.45) is 0. The first-order valence-corrected chi connectivity index (χ1v) is 7.44. The maximum Gasteiger partial charge on any atom is 0.230 e. The molecule has 0 radical (unpaired) electrons. The molecular weight excluding hydrogens is 290 g/mol. The number of amides is 1. The Hall–Kier alpha value is -1.93. The number of carbonyl (C=O) groups is 1. The van der Waals surface area contributed by atoms with E-state index in [1.807, 2.05) is 37.3 Å². The van der Waals surface area contributed by atoms with E-state index in [4.69, 9.17) is 4.74 Å². The van der Waals surface area contributed by atoms with Crippen LogP contribution in [-0.2, 0) is 9.53 Å². The number of carbonyl (C=O) groups excluding carboxylic acids is 1. The van der Waals surface area contributed by atoms with Crippen LogP contribution in [-0.4, -0.2) is 51.6 Å². The smallest absolute Gasteiger partial charge is 0.230 e. The molecule has 112 valence electrons. The molecule has 0 bridgehead atoms. The highest BCUT2D eigenvalue weighted by Gasteiger charge is 2.12. The van der Waals surface area contributed by atoms with Crippen molar-refractivity contribution in [1.82, 2.24) is 25.5 Å². The summed E-state index contributed by atoms with van der Waals surface area (Å²) in [4.78, 5) is 11.8. The Balaban J connectivity index is 1.93. The minimum Gasteiger partial charge on any atom is -0.383 e. The van der Waals surface area contributed by atoms with E-state index in [0.717, 1.165) is 5.69 Å². The molecule has 0 aliphatic carbocycles. The van der Waals surface area contributed by atoms with Crippen molar-refractivity contribution in [2.45, 2.75) is 18.1 Å². The molecular formula is C13H17N5O2S. The minimum absolute atomic E-state index is 0.0202. The number of thioether (sulfide) groups is 1. The molecule has 21 heavy (non-hydrogen) atoms. The van der Waals surface area contributed by atoms with Crippen molar-refractivity contribution in [3.63, 3.8) is 0 Å². The number of rotatable bonds is 7. The molecule has 0 unspecified atom stereocenters. The molecule has 0 aliphatic heterocycles. The first-order chi connectivity index (χ1) is 10.2. The molecule has 0 saturated carbocycles. The van der Waals surface area contributed by atoms with Crippen molar-refractivity contribution >= 4 is 17.7 Å². The third-order valence-corrected chi connectivity index (χ3v) is 3.52. The van der Waals surface area contributed by atoms with Gasteiger partial charge >= 0.3 is 0 Å². The number of nitrogens with zero attached hydrogens (tertiary/aromatic N) is 4. The molecule has 1 amide bonds. The lowest BCUT2D eigenvalue weighted by Gasteiger charge is -2.12. The summed E-state index contributed by atoms with van der Waals surface area (Å²) in [5.74, 6) is 0.175. The number of hydrogen-bond donors (Lipinski definition) is 1. The van der Waals surface area contributed by atoms with Crippen LogP contribution in [0.25, 0.3) is 5.69 Å². The Labute approximate surface area is 127 Å². The first kappa shape index (κ1) is 15.5. The van der Waals surface area contributed by atoms with Gasteiger partial charge in [-0.25, -0.2) is 0 Å². The Morgan fingerprint density at radius 1 is 1.43 bits per heavy atom. The van der Waals surface area contributed by atoms with E-state index in [-0.39, 0.29) is 17.7 Å². The maximum absolute atomic E-state index is 11.8. The van der Waals surface area contributed by atoms with Gasteiger partial charge in [0.05, 0.1) is 18.0 Å². The maximum atomic E-state index is 11.8. The number of nitrogens with one attached hydrogen (secondary N) is 1. The largest absolute Gasteiger partial charge is 0.383 e. The number of tetrazole rings is 1. The monoisotopic (exact) mass is 307 g/mol. The zero-order chi connectivity index (χ0) is 15.1. The highest BCUT2D eigenvalue weighted by Crippen LogP contribution is 2.17. The Morgan fingerprint density at radius 2 is 2.19 bits per heavy atom. The van der Waals surface area contributed by atoms with Crippen molar-refractivity contribution in [2.75, 3.05) is 19.5 Å². The lowest BCUT2D eigenvalue weighted by Crippen LogP contribution is -2.36. The summed E-state index contributed by atoms with van der Waals surface area (Å²) in [6.45, 7) is 2.37. The van der Waals surface area contributed by atoms with Crippen LogP contribution in [0.4, 0.5) is 0 Å². The second-order valence-electron chi connectivity index (χ2n) is 4.42. The summed E-state index contributed by atoms with van der Waals surface area (Å²) >= 11 is 1.29.